The van der Waals surface area contributed by atoms with Crippen molar-refractivity contribution < 1.29 is 9.59 Å². The van der Waals surface area contributed by atoms with Gasteiger partial charge in [0.1, 0.15) is 0 Å². The molecule has 0 radical (unpaired) electrons. The van der Waals surface area contributed by atoms with Crippen molar-refractivity contribution in [2.24, 2.45) is 0 Å². The van der Waals surface area contributed by atoms with Gasteiger partial charge in [0.2, 0.25) is 0 Å². The van der Waals surface area contributed by atoms with Gasteiger partial charge in [-0.1, -0.05) is 23.7 Å². The molecule has 0 aliphatic rings. The number of hydrogen-bond donors (Lipinski definition) is 0. The van der Waals surface area contributed by atoms with Crippen LogP contribution in [0, 0.1) is 0 Å². The number of benzene rings is 1. The van der Waals surface area contributed by atoms with Crippen LogP contribution in [0.1, 0.15) is 27.6 Å². The van der Waals surface area contributed by atoms with Gasteiger partial charge in [-0.15, -0.1) is 0 Å². The third-order valence-electron chi connectivity index (χ3n) is 1.52. The van der Waals surface area contributed by atoms with E-state index in [0.29, 0.717) is 22.4 Å². The Hall–Kier alpha value is -1.15. The lowest BCUT2D eigenvalue weighted by molar-refractivity contribution is 0.101. The van der Waals surface area contributed by atoms with Crippen LogP contribution in [0.15, 0.2) is 18.2 Å². The molecule has 1 aromatic rings. The fraction of sp³-hybridized carbons (Fsp3) is 0.111. The van der Waals surface area contributed by atoms with Crippen molar-refractivity contribution in [2.75, 3.05) is 0 Å². The first-order valence-electron chi connectivity index (χ1n) is 3.41. The molecule has 0 amide bonds. The molecule has 0 atom stereocenters. The summed E-state index contributed by atoms with van der Waals surface area (Å²) in [7, 11) is 0. The molecule has 0 fully saturated rings. The molecule has 0 aliphatic heterocycles. The number of carbonyl (C=O) groups is 2. The fourth-order valence-corrected chi connectivity index (χ4v) is 1.33. The van der Waals surface area contributed by atoms with E-state index < -0.39 is 0 Å². The fourth-order valence-electron chi connectivity index (χ4n) is 1.01. The van der Waals surface area contributed by atoms with Crippen molar-refractivity contribution in [1.29, 1.82) is 0 Å². The Balaban J connectivity index is 3.39. The highest BCUT2D eigenvalue weighted by Gasteiger charge is 2.09. The minimum Gasteiger partial charge on any atom is -0.298 e. The predicted molar refractivity (Wildman–Crippen MR) is 46.8 cm³/mol. The van der Waals surface area contributed by atoms with Crippen LogP contribution >= 0.6 is 11.6 Å². The Morgan fingerprint density at radius 2 is 2.17 bits per heavy atom. The summed E-state index contributed by atoms with van der Waals surface area (Å²) >= 11 is 5.72. The number of carbonyl (C=O) groups excluding carboxylic acids is 2. The van der Waals surface area contributed by atoms with Crippen molar-refractivity contribution in [3.05, 3.63) is 34.3 Å². The molecular formula is C9H7ClO2. The van der Waals surface area contributed by atoms with Crippen molar-refractivity contribution in [2.45, 2.75) is 6.92 Å². The van der Waals surface area contributed by atoms with E-state index in [9.17, 15) is 9.59 Å². The topological polar surface area (TPSA) is 34.1 Å². The Bertz CT molecular complexity index is 331. The van der Waals surface area contributed by atoms with Crippen molar-refractivity contribution in [3.63, 3.8) is 0 Å². The van der Waals surface area contributed by atoms with Gasteiger partial charge in [-0.3, -0.25) is 9.59 Å². The average molecular weight is 183 g/mol. The van der Waals surface area contributed by atoms with E-state index in [0.717, 1.165) is 0 Å². The largest absolute Gasteiger partial charge is 0.298 e. The number of ketones is 1. The molecule has 0 heterocycles. The first-order chi connectivity index (χ1) is 5.66. The van der Waals surface area contributed by atoms with Gasteiger partial charge in [-0.2, -0.15) is 0 Å². The van der Waals surface area contributed by atoms with Crippen LogP contribution in [0.5, 0.6) is 0 Å². The molecule has 0 N–H and O–H groups in total. The quantitative estimate of drug-likeness (QED) is 0.520. The van der Waals surface area contributed by atoms with Crippen LogP contribution in [0.2, 0.25) is 5.02 Å². The maximum atomic E-state index is 11.0. The molecule has 0 aliphatic carbocycles. The highest BCUT2D eigenvalue weighted by atomic mass is 35.5. The van der Waals surface area contributed by atoms with E-state index in [1.807, 2.05) is 0 Å². The van der Waals surface area contributed by atoms with E-state index in [1.54, 1.807) is 18.2 Å². The van der Waals surface area contributed by atoms with E-state index in [4.69, 9.17) is 11.6 Å². The van der Waals surface area contributed by atoms with Gasteiger partial charge in [0.05, 0.1) is 5.02 Å². The third-order valence-corrected chi connectivity index (χ3v) is 1.84. The second kappa shape index (κ2) is 3.50. The molecule has 1 rings (SSSR count). The van der Waals surface area contributed by atoms with Crippen LogP contribution in [-0.4, -0.2) is 12.1 Å². The summed E-state index contributed by atoms with van der Waals surface area (Å²) in [6, 6.07) is 4.79. The van der Waals surface area contributed by atoms with Crippen molar-refractivity contribution in [1.82, 2.24) is 0 Å². The molecule has 12 heavy (non-hydrogen) atoms. The smallest absolute Gasteiger partial charge is 0.162 e. The van der Waals surface area contributed by atoms with Crippen LogP contribution in [0.3, 0.4) is 0 Å². The van der Waals surface area contributed by atoms with Gasteiger partial charge in [0, 0.05) is 11.1 Å². The van der Waals surface area contributed by atoms with Crippen LogP contribution < -0.4 is 0 Å². The van der Waals surface area contributed by atoms with Gasteiger partial charge in [0.15, 0.2) is 12.1 Å². The molecular weight excluding hydrogens is 176 g/mol. The molecule has 0 aromatic heterocycles. The summed E-state index contributed by atoms with van der Waals surface area (Å²) in [4.78, 5) is 21.5. The minimum atomic E-state index is -0.192. The lowest BCUT2D eigenvalue weighted by atomic mass is 10.1. The van der Waals surface area contributed by atoms with E-state index in [2.05, 4.69) is 0 Å². The van der Waals surface area contributed by atoms with Crippen molar-refractivity contribution in [3.8, 4) is 0 Å². The molecule has 3 heteroatoms. The molecule has 0 spiro atoms. The zero-order chi connectivity index (χ0) is 9.14. The molecule has 62 valence electrons. The first-order valence-corrected chi connectivity index (χ1v) is 3.79. The molecule has 1 aromatic carbocycles. The Morgan fingerprint density at radius 3 is 2.58 bits per heavy atom. The predicted octanol–water partition coefficient (Wildman–Crippen LogP) is 2.36. The second-order valence-electron chi connectivity index (χ2n) is 2.38. The average Bonchev–Trinajstić information content (AvgIpc) is 2.03. The van der Waals surface area contributed by atoms with Crippen LogP contribution in [0.4, 0.5) is 0 Å². The second-order valence-corrected chi connectivity index (χ2v) is 2.79. The Kier molecular flexibility index (Phi) is 2.61. The van der Waals surface area contributed by atoms with Gasteiger partial charge in [-0.25, -0.2) is 0 Å². The summed E-state index contributed by atoms with van der Waals surface area (Å²) in [6.45, 7) is 1.38. The zero-order valence-electron chi connectivity index (χ0n) is 6.50. The number of rotatable bonds is 2. The number of hydrogen-bond acceptors (Lipinski definition) is 2. The Labute approximate surface area is 75.2 Å². The summed E-state index contributed by atoms with van der Waals surface area (Å²) in [6.07, 6.45) is 0.628. The van der Waals surface area contributed by atoms with Gasteiger partial charge < -0.3 is 0 Å². The summed E-state index contributed by atoms with van der Waals surface area (Å²) < 4.78 is 0. The first kappa shape index (κ1) is 8.94. The molecule has 0 saturated heterocycles. The highest BCUT2D eigenvalue weighted by Crippen LogP contribution is 2.18. The van der Waals surface area contributed by atoms with Crippen LogP contribution in [-0.2, 0) is 0 Å². The Morgan fingerprint density at radius 1 is 1.50 bits per heavy atom. The van der Waals surface area contributed by atoms with E-state index in [-0.39, 0.29) is 5.78 Å². The lowest BCUT2D eigenvalue weighted by Crippen LogP contribution is -1.99. The van der Waals surface area contributed by atoms with Gasteiger partial charge >= 0.3 is 0 Å². The SMILES string of the molecule is CC(=O)c1c(Cl)cccc1C=O. The van der Waals surface area contributed by atoms with Crippen LogP contribution in [0.25, 0.3) is 0 Å². The highest BCUT2D eigenvalue weighted by molar-refractivity contribution is 6.34. The summed E-state index contributed by atoms with van der Waals surface area (Å²) in [5.74, 6) is -0.192. The lowest BCUT2D eigenvalue weighted by Gasteiger charge is -2.01. The molecule has 0 bridgehead atoms. The van der Waals surface area contributed by atoms with Gasteiger partial charge in [-0.05, 0) is 13.0 Å². The summed E-state index contributed by atoms with van der Waals surface area (Å²) in [5, 5.41) is 0.326. The van der Waals surface area contributed by atoms with Gasteiger partial charge in [0.25, 0.3) is 0 Å². The third kappa shape index (κ3) is 1.53. The molecule has 2 nitrogen and oxygen atoms in total. The van der Waals surface area contributed by atoms with E-state index >= 15 is 0 Å². The monoisotopic (exact) mass is 182 g/mol. The normalized spacial score (nSPS) is 9.50. The number of Topliss-reactive ketones (excluding diaryl/α,β-unsaturated/α-hetero) is 1. The summed E-state index contributed by atoms with van der Waals surface area (Å²) in [5.41, 5.74) is 0.643. The zero-order valence-corrected chi connectivity index (χ0v) is 7.26. The maximum absolute atomic E-state index is 11.0. The minimum absolute atomic E-state index is 0.192. The number of aldehydes is 1. The molecule has 0 unspecified atom stereocenters. The van der Waals surface area contributed by atoms with E-state index in [1.165, 1.54) is 6.92 Å². The van der Waals surface area contributed by atoms with Crippen molar-refractivity contribution >= 4 is 23.7 Å². The molecule has 0 saturated carbocycles. The maximum Gasteiger partial charge on any atom is 0.162 e. The number of halogens is 1. The standard InChI is InChI=1S/C9H7ClO2/c1-6(12)9-7(5-11)3-2-4-8(9)10/h2-5H,1H3.